The van der Waals surface area contributed by atoms with Crippen molar-refractivity contribution in [3.05, 3.63) is 77.4 Å². The van der Waals surface area contributed by atoms with Crippen LogP contribution in [0.4, 0.5) is 0 Å². The van der Waals surface area contributed by atoms with Crippen molar-refractivity contribution >= 4 is 5.91 Å². The number of hydrogen-bond donors (Lipinski definition) is 1. The lowest BCUT2D eigenvalue weighted by Gasteiger charge is -2.36. The highest BCUT2D eigenvalue weighted by Gasteiger charge is 2.32. The fourth-order valence-corrected chi connectivity index (χ4v) is 3.72. The Hall–Kier alpha value is -2.99. The minimum absolute atomic E-state index is 0.142. The van der Waals surface area contributed by atoms with Gasteiger partial charge in [-0.2, -0.15) is 0 Å². The SMILES string of the molecule is CCc1nc(C(=O)N2CCc3ccccc3C2CN)nn1-c1ccccc1. The van der Waals surface area contributed by atoms with Gasteiger partial charge in [0, 0.05) is 19.5 Å². The largest absolute Gasteiger partial charge is 0.328 e. The van der Waals surface area contributed by atoms with Gasteiger partial charge in [0.05, 0.1) is 11.7 Å². The molecule has 1 aliphatic rings. The summed E-state index contributed by atoms with van der Waals surface area (Å²) in [5.74, 6) is 0.837. The second-order valence-corrected chi connectivity index (χ2v) is 6.65. The van der Waals surface area contributed by atoms with Crippen molar-refractivity contribution in [2.75, 3.05) is 13.1 Å². The van der Waals surface area contributed by atoms with Crippen LogP contribution in [0.2, 0.25) is 0 Å². The van der Waals surface area contributed by atoms with Gasteiger partial charge in [-0.25, -0.2) is 9.67 Å². The quantitative estimate of drug-likeness (QED) is 0.775. The first-order valence-electron chi connectivity index (χ1n) is 9.33. The lowest BCUT2D eigenvalue weighted by molar-refractivity contribution is 0.0655. The van der Waals surface area contributed by atoms with Gasteiger partial charge in [-0.3, -0.25) is 4.79 Å². The normalized spacial score (nSPS) is 16.2. The smallest absolute Gasteiger partial charge is 0.294 e. The molecule has 1 atom stereocenters. The molecule has 27 heavy (non-hydrogen) atoms. The Bertz CT molecular complexity index is 950. The van der Waals surface area contributed by atoms with Crippen molar-refractivity contribution in [2.45, 2.75) is 25.8 Å². The van der Waals surface area contributed by atoms with Crippen LogP contribution in [0.5, 0.6) is 0 Å². The van der Waals surface area contributed by atoms with Gasteiger partial charge in [0.15, 0.2) is 0 Å². The number of hydrogen-bond acceptors (Lipinski definition) is 4. The van der Waals surface area contributed by atoms with Gasteiger partial charge in [-0.05, 0) is 29.7 Å². The number of carbonyl (C=O) groups excluding carboxylic acids is 1. The number of rotatable bonds is 4. The van der Waals surface area contributed by atoms with Crippen molar-refractivity contribution in [1.82, 2.24) is 19.7 Å². The Morgan fingerprint density at radius 3 is 2.63 bits per heavy atom. The van der Waals surface area contributed by atoms with Gasteiger partial charge in [-0.15, -0.1) is 5.10 Å². The van der Waals surface area contributed by atoms with E-state index in [-0.39, 0.29) is 17.8 Å². The van der Waals surface area contributed by atoms with Crippen LogP contribution in [0.15, 0.2) is 54.6 Å². The monoisotopic (exact) mass is 361 g/mol. The van der Waals surface area contributed by atoms with Crippen LogP contribution >= 0.6 is 0 Å². The zero-order valence-electron chi connectivity index (χ0n) is 15.4. The number of nitrogens with two attached hydrogens (primary N) is 1. The first-order chi connectivity index (χ1) is 13.2. The van der Waals surface area contributed by atoms with Crippen LogP contribution in [0, 0.1) is 0 Å². The molecule has 0 fully saturated rings. The third-order valence-corrected chi connectivity index (χ3v) is 5.08. The standard InChI is InChI=1S/C21H23N5O/c1-2-19-23-20(24-26(19)16-9-4-3-5-10-16)21(27)25-13-12-15-8-6-7-11-17(15)18(25)14-22/h3-11,18H,2,12-14,22H2,1H3. The number of aromatic nitrogens is 3. The van der Waals surface area contributed by atoms with Gasteiger partial charge >= 0.3 is 0 Å². The Balaban J connectivity index is 1.68. The number of fused-ring (bicyclic) bond motifs is 1. The lowest BCUT2D eigenvalue weighted by atomic mass is 9.92. The molecule has 2 heterocycles. The Morgan fingerprint density at radius 1 is 1.15 bits per heavy atom. The minimum atomic E-state index is -0.163. The van der Waals surface area contributed by atoms with Gasteiger partial charge in [0.1, 0.15) is 5.82 Å². The zero-order valence-corrected chi connectivity index (χ0v) is 15.4. The van der Waals surface area contributed by atoms with Gasteiger partial charge in [0.2, 0.25) is 5.82 Å². The average molecular weight is 361 g/mol. The third-order valence-electron chi connectivity index (χ3n) is 5.08. The van der Waals surface area contributed by atoms with E-state index in [4.69, 9.17) is 5.73 Å². The number of benzene rings is 2. The zero-order chi connectivity index (χ0) is 18.8. The van der Waals surface area contributed by atoms with Gasteiger partial charge < -0.3 is 10.6 Å². The topological polar surface area (TPSA) is 77.0 Å². The summed E-state index contributed by atoms with van der Waals surface area (Å²) in [6.45, 7) is 3.01. The fraction of sp³-hybridized carbons (Fsp3) is 0.286. The number of nitrogens with zero attached hydrogens (tertiary/aromatic N) is 4. The highest BCUT2D eigenvalue weighted by molar-refractivity contribution is 5.91. The summed E-state index contributed by atoms with van der Waals surface area (Å²) < 4.78 is 1.75. The number of carbonyl (C=O) groups is 1. The molecule has 138 valence electrons. The maximum absolute atomic E-state index is 13.2. The second-order valence-electron chi connectivity index (χ2n) is 6.65. The summed E-state index contributed by atoms with van der Waals surface area (Å²) in [6.07, 6.45) is 1.51. The predicted octanol–water partition coefficient (Wildman–Crippen LogP) is 2.53. The summed E-state index contributed by atoms with van der Waals surface area (Å²) in [7, 11) is 0. The molecular weight excluding hydrogens is 338 g/mol. The molecule has 6 heteroatoms. The molecule has 3 aromatic rings. The summed E-state index contributed by atoms with van der Waals surface area (Å²) in [5.41, 5.74) is 9.32. The van der Waals surface area contributed by atoms with Gasteiger partial charge in [-0.1, -0.05) is 49.4 Å². The Kier molecular flexibility index (Phi) is 4.73. The molecule has 1 aliphatic heterocycles. The molecule has 2 aromatic carbocycles. The summed E-state index contributed by atoms with van der Waals surface area (Å²) in [5, 5.41) is 4.52. The van der Waals surface area contributed by atoms with Gasteiger partial charge in [0.25, 0.3) is 5.91 Å². The molecule has 6 nitrogen and oxygen atoms in total. The molecule has 0 saturated carbocycles. The Labute approximate surface area is 158 Å². The average Bonchev–Trinajstić information content (AvgIpc) is 3.17. The highest BCUT2D eigenvalue weighted by atomic mass is 16.2. The molecule has 0 saturated heterocycles. The maximum atomic E-state index is 13.2. The van der Waals surface area contributed by atoms with E-state index in [1.165, 1.54) is 5.56 Å². The van der Waals surface area contributed by atoms with Crippen LogP contribution in [-0.4, -0.2) is 38.7 Å². The molecule has 0 aliphatic carbocycles. The second kappa shape index (κ2) is 7.32. The maximum Gasteiger partial charge on any atom is 0.294 e. The molecule has 1 amide bonds. The molecule has 0 radical (unpaired) electrons. The highest BCUT2D eigenvalue weighted by Crippen LogP contribution is 2.29. The predicted molar refractivity (Wildman–Crippen MR) is 104 cm³/mol. The van der Waals surface area contributed by atoms with Crippen LogP contribution in [0.1, 0.15) is 40.5 Å². The van der Waals surface area contributed by atoms with E-state index in [0.29, 0.717) is 19.5 Å². The Morgan fingerprint density at radius 2 is 1.89 bits per heavy atom. The van der Waals surface area contributed by atoms with E-state index in [1.54, 1.807) is 4.68 Å². The van der Waals surface area contributed by atoms with Crippen LogP contribution < -0.4 is 5.73 Å². The molecule has 1 unspecified atom stereocenters. The van der Waals surface area contributed by atoms with E-state index in [0.717, 1.165) is 23.5 Å². The van der Waals surface area contributed by atoms with Crippen molar-refractivity contribution in [3.8, 4) is 5.69 Å². The number of para-hydroxylation sites is 1. The van der Waals surface area contributed by atoms with E-state index in [9.17, 15) is 4.79 Å². The fourth-order valence-electron chi connectivity index (χ4n) is 3.72. The van der Waals surface area contributed by atoms with Crippen LogP contribution in [-0.2, 0) is 12.8 Å². The first kappa shape index (κ1) is 17.4. The van der Waals surface area contributed by atoms with Crippen LogP contribution in [0.3, 0.4) is 0 Å². The van der Waals surface area contributed by atoms with Crippen molar-refractivity contribution in [3.63, 3.8) is 0 Å². The molecular formula is C21H23N5O. The first-order valence-corrected chi connectivity index (χ1v) is 9.33. The van der Waals surface area contributed by atoms with E-state index >= 15 is 0 Å². The molecule has 2 N–H and O–H groups in total. The molecule has 0 bridgehead atoms. The summed E-state index contributed by atoms with van der Waals surface area (Å²) >= 11 is 0. The minimum Gasteiger partial charge on any atom is -0.328 e. The van der Waals surface area contributed by atoms with Crippen molar-refractivity contribution in [2.24, 2.45) is 5.73 Å². The van der Waals surface area contributed by atoms with Crippen molar-refractivity contribution < 1.29 is 4.79 Å². The van der Waals surface area contributed by atoms with E-state index in [2.05, 4.69) is 22.2 Å². The molecule has 1 aromatic heterocycles. The van der Waals surface area contributed by atoms with E-state index in [1.807, 2.05) is 54.3 Å². The summed E-state index contributed by atoms with van der Waals surface area (Å²) in [6, 6.07) is 17.8. The molecule has 4 rings (SSSR count). The lowest BCUT2D eigenvalue weighted by Crippen LogP contribution is -2.43. The number of amides is 1. The number of aryl methyl sites for hydroxylation is 1. The third kappa shape index (κ3) is 3.13. The van der Waals surface area contributed by atoms with Crippen molar-refractivity contribution in [1.29, 1.82) is 0 Å². The summed E-state index contributed by atoms with van der Waals surface area (Å²) in [4.78, 5) is 19.6. The van der Waals surface area contributed by atoms with E-state index < -0.39 is 0 Å². The molecule has 0 spiro atoms. The van der Waals surface area contributed by atoms with Crippen LogP contribution in [0.25, 0.3) is 5.69 Å².